The molecule has 1 saturated carbocycles. The Bertz CT molecular complexity index is 853. The fraction of sp³-hybridized carbons (Fsp3) is 0.684. The summed E-state index contributed by atoms with van der Waals surface area (Å²) in [7, 11) is 0. The molecule has 2 aliphatic rings. The lowest BCUT2D eigenvalue weighted by Gasteiger charge is -2.17. The van der Waals surface area contributed by atoms with E-state index in [9.17, 15) is 15.0 Å². The van der Waals surface area contributed by atoms with Gasteiger partial charge in [-0.15, -0.1) is 0 Å². The SMILES string of the molecule is CCCC(=O)OC[C@H]1OC(n2cnc3c(NC4CCCC4)ncnc32)[C@H](O)[C@@H]1O. The molecule has 1 aliphatic heterocycles. The van der Waals surface area contributed by atoms with Crippen molar-refractivity contribution in [3.63, 3.8) is 0 Å². The number of rotatable bonds is 7. The predicted molar refractivity (Wildman–Crippen MR) is 103 cm³/mol. The Morgan fingerprint density at radius 3 is 2.83 bits per heavy atom. The van der Waals surface area contributed by atoms with Crippen molar-refractivity contribution in [2.75, 3.05) is 11.9 Å². The third kappa shape index (κ3) is 4.05. The molecule has 4 rings (SSSR count). The first kappa shape index (κ1) is 20.0. The zero-order valence-corrected chi connectivity index (χ0v) is 16.4. The van der Waals surface area contributed by atoms with Crippen LogP contribution in [0.15, 0.2) is 12.7 Å². The number of imidazole rings is 1. The molecule has 158 valence electrons. The summed E-state index contributed by atoms with van der Waals surface area (Å²) in [5.74, 6) is 0.295. The van der Waals surface area contributed by atoms with Gasteiger partial charge in [-0.05, 0) is 19.3 Å². The summed E-state index contributed by atoms with van der Waals surface area (Å²) < 4.78 is 12.5. The second-order valence-corrected chi connectivity index (χ2v) is 7.65. The highest BCUT2D eigenvalue weighted by Gasteiger charge is 2.45. The smallest absolute Gasteiger partial charge is 0.305 e. The van der Waals surface area contributed by atoms with Gasteiger partial charge in [0.25, 0.3) is 0 Å². The molecule has 0 bridgehead atoms. The third-order valence-corrected chi connectivity index (χ3v) is 5.53. The van der Waals surface area contributed by atoms with Crippen molar-refractivity contribution in [1.82, 2.24) is 19.5 Å². The standard InChI is InChI=1S/C19H27N5O5/c1-2-5-13(25)28-8-12-15(26)16(27)19(29-12)24-10-22-14-17(20-9-21-18(14)24)23-11-6-3-4-7-11/h9-12,15-16,19,26-27H,2-8H2,1H3,(H,20,21,23)/t12-,15-,16-,19?/m1/s1. The number of hydrogen-bond acceptors (Lipinski definition) is 9. The summed E-state index contributed by atoms with van der Waals surface area (Å²) >= 11 is 0. The zero-order chi connectivity index (χ0) is 20.4. The van der Waals surface area contributed by atoms with Gasteiger partial charge in [-0.1, -0.05) is 19.8 Å². The number of aromatic nitrogens is 4. The first-order chi connectivity index (χ1) is 14.1. The number of hydrogen-bond donors (Lipinski definition) is 3. The molecule has 0 radical (unpaired) electrons. The van der Waals surface area contributed by atoms with Gasteiger partial charge < -0.3 is 25.0 Å². The quantitative estimate of drug-likeness (QED) is 0.580. The highest BCUT2D eigenvalue weighted by molar-refractivity contribution is 5.82. The summed E-state index contributed by atoms with van der Waals surface area (Å²) in [5, 5.41) is 24.3. The first-order valence-corrected chi connectivity index (χ1v) is 10.2. The number of carbonyl (C=O) groups excluding carboxylic acids is 1. The Morgan fingerprint density at radius 2 is 2.07 bits per heavy atom. The molecule has 2 aromatic heterocycles. The van der Waals surface area contributed by atoms with Gasteiger partial charge in [0.05, 0.1) is 6.33 Å². The molecule has 2 aromatic rings. The average molecular weight is 405 g/mol. The van der Waals surface area contributed by atoms with Crippen molar-refractivity contribution in [3.05, 3.63) is 12.7 Å². The van der Waals surface area contributed by atoms with E-state index in [1.54, 1.807) is 4.57 Å². The number of fused-ring (bicyclic) bond motifs is 1. The maximum absolute atomic E-state index is 11.6. The Morgan fingerprint density at radius 1 is 1.28 bits per heavy atom. The Balaban J connectivity index is 1.51. The minimum Gasteiger partial charge on any atom is -0.463 e. The van der Waals surface area contributed by atoms with Crippen molar-refractivity contribution in [1.29, 1.82) is 0 Å². The minimum absolute atomic E-state index is 0.121. The lowest BCUT2D eigenvalue weighted by atomic mass is 10.1. The van der Waals surface area contributed by atoms with Crippen molar-refractivity contribution < 1.29 is 24.5 Å². The van der Waals surface area contributed by atoms with E-state index in [-0.39, 0.29) is 12.6 Å². The van der Waals surface area contributed by atoms with E-state index in [1.807, 2.05) is 6.92 Å². The van der Waals surface area contributed by atoms with E-state index in [0.29, 0.717) is 35.9 Å². The number of ether oxygens (including phenoxy) is 2. The van der Waals surface area contributed by atoms with Crippen molar-refractivity contribution >= 4 is 23.0 Å². The number of nitrogens with zero attached hydrogens (tertiary/aromatic N) is 4. The van der Waals surface area contributed by atoms with Crippen molar-refractivity contribution in [2.24, 2.45) is 0 Å². The molecule has 1 saturated heterocycles. The fourth-order valence-electron chi connectivity index (χ4n) is 3.96. The summed E-state index contributed by atoms with van der Waals surface area (Å²) in [5.41, 5.74) is 1.09. The summed E-state index contributed by atoms with van der Waals surface area (Å²) in [6.45, 7) is 1.76. The van der Waals surface area contributed by atoms with Gasteiger partial charge in [-0.2, -0.15) is 0 Å². The number of aliphatic hydroxyl groups is 2. The third-order valence-electron chi connectivity index (χ3n) is 5.53. The van der Waals surface area contributed by atoms with Gasteiger partial charge in [0.15, 0.2) is 23.2 Å². The maximum atomic E-state index is 11.6. The lowest BCUT2D eigenvalue weighted by molar-refractivity contribution is -0.150. The van der Waals surface area contributed by atoms with Crippen molar-refractivity contribution in [3.8, 4) is 0 Å². The second-order valence-electron chi connectivity index (χ2n) is 7.65. The van der Waals surface area contributed by atoms with Crippen LogP contribution in [-0.4, -0.2) is 66.7 Å². The van der Waals surface area contributed by atoms with Gasteiger partial charge in [0, 0.05) is 12.5 Å². The molecule has 10 heteroatoms. The average Bonchev–Trinajstić information content (AvgIpc) is 3.43. The Kier molecular flexibility index (Phi) is 5.93. The molecule has 29 heavy (non-hydrogen) atoms. The van der Waals surface area contributed by atoms with Crippen LogP contribution in [0.5, 0.6) is 0 Å². The summed E-state index contributed by atoms with van der Waals surface area (Å²) in [4.78, 5) is 24.6. The summed E-state index contributed by atoms with van der Waals surface area (Å²) in [6, 6.07) is 0.371. The summed E-state index contributed by atoms with van der Waals surface area (Å²) in [6.07, 6.45) is 4.42. The monoisotopic (exact) mass is 405 g/mol. The second kappa shape index (κ2) is 8.60. The van der Waals surface area contributed by atoms with E-state index >= 15 is 0 Å². The highest BCUT2D eigenvalue weighted by Crippen LogP contribution is 2.33. The van der Waals surface area contributed by atoms with Crippen LogP contribution in [0.2, 0.25) is 0 Å². The van der Waals surface area contributed by atoms with Crippen LogP contribution in [0.4, 0.5) is 5.82 Å². The van der Waals surface area contributed by atoms with E-state index in [1.165, 1.54) is 25.5 Å². The predicted octanol–water partition coefficient (Wildman–Crippen LogP) is 1.14. The molecule has 10 nitrogen and oxygen atoms in total. The molecule has 3 heterocycles. The van der Waals surface area contributed by atoms with E-state index < -0.39 is 24.5 Å². The normalized spacial score (nSPS) is 27.6. The van der Waals surface area contributed by atoms with Crippen LogP contribution in [0.1, 0.15) is 51.7 Å². The van der Waals surface area contributed by atoms with Crippen LogP contribution >= 0.6 is 0 Å². The molecule has 4 atom stereocenters. The molecule has 1 aliphatic carbocycles. The lowest BCUT2D eigenvalue weighted by Crippen LogP contribution is -2.34. The van der Waals surface area contributed by atoms with E-state index in [0.717, 1.165) is 12.8 Å². The van der Waals surface area contributed by atoms with E-state index in [4.69, 9.17) is 9.47 Å². The minimum atomic E-state index is -1.21. The van der Waals surface area contributed by atoms with Crippen molar-refractivity contribution in [2.45, 2.75) is 76.0 Å². The molecule has 0 amide bonds. The zero-order valence-electron chi connectivity index (χ0n) is 16.4. The van der Waals surface area contributed by atoms with Gasteiger partial charge in [0.2, 0.25) is 0 Å². The van der Waals surface area contributed by atoms with Crippen LogP contribution in [0.3, 0.4) is 0 Å². The maximum Gasteiger partial charge on any atom is 0.305 e. The number of carbonyl (C=O) groups is 1. The molecule has 0 spiro atoms. The van der Waals surface area contributed by atoms with Crippen LogP contribution < -0.4 is 5.32 Å². The molecular formula is C19H27N5O5. The Labute approximate surface area is 168 Å². The largest absolute Gasteiger partial charge is 0.463 e. The molecule has 3 N–H and O–H groups in total. The van der Waals surface area contributed by atoms with Crippen LogP contribution in [0, 0.1) is 0 Å². The van der Waals surface area contributed by atoms with Crippen LogP contribution in [-0.2, 0) is 14.3 Å². The molecule has 0 aromatic carbocycles. The number of nitrogens with one attached hydrogen (secondary N) is 1. The topological polar surface area (TPSA) is 132 Å². The molecular weight excluding hydrogens is 378 g/mol. The molecule has 1 unspecified atom stereocenters. The van der Waals surface area contributed by atoms with E-state index in [2.05, 4.69) is 20.3 Å². The Hall–Kier alpha value is -2.30. The van der Waals surface area contributed by atoms with Crippen LogP contribution in [0.25, 0.3) is 11.2 Å². The highest BCUT2D eigenvalue weighted by atomic mass is 16.6. The number of esters is 1. The number of anilines is 1. The van der Waals surface area contributed by atoms with Gasteiger partial charge >= 0.3 is 5.97 Å². The first-order valence-electron chi connectivity index (χ1n) is 10.2. The molecule has 2 fully saturated rings. The fourth-order valence-corrected chi connectivity index (χ4v) is 3.96. The van der Waals surface area contributed by atoms with Gasteiger partial charge in [-0.25, -0.2) is 15.0 Å². The van der Waals surface area contributed by atoms with Gasteiger partial charge in [0.1, 0.15) is 31.2 Å². The number of aliphatic hydroxyl groups excluding tert-OH is 2. The van der Waals surface area contributed by atoms with Gasteiger partial charge in [-0.3, -0.25) is 9.36 Å².